The molecule has 0 spiro atoms. The first-order chi connectivity index (χ1) is 12.8. The third-order valence-corrected chi connectivity index (χ3v) is 5.60. The highest BCUT2D eigenvalue weighted by atomic mass is 35.5. The van der Waals surface area contributed by atoms with E-state index in [-0.39, 0.29) is 40.8 Å². The van der Waals surface area contributed by atoms with Crippen LogP contribution in [0, 0.1) is 0 Å². The van der Waals surface area contributed by atoms with Crippen LogP contribution in [0.1, 0.15) is 25.8 Å². The molecule has 0 aliphatic heterocycles. The second-order valence-corrected chi connectivity index (χ2v) is 8.24. The molecular formula is C19H23ClN2O4S. The van der Waals surface area contributed by atoms with E-state index in [1.54, 1.807) is 0 Å². The van der Waals surface area contributed by atoms with Crippen molar-refractivity contribution in [3.05, 3.63) is 59.1 Å². The van der Waals surface area contributed by atoms with Crippen molar-refractivity contribution in [1.29, 1.82) is 0 Å². The lowest BCUT2D eigenvalue weighted by molar-refractivity contribution is -0.123. The molecule has 0 heterocycles. The molecule has 0 unspecified atom stereocenters. The third kappa shape index (κ3) is 6.53. The first-order valence-corrected chi connectivity index (χ1v) is 10.4. The Morgan fingerprint density at radius 3 is 2.52 bits per heavy atom. The highest BCUT2D eigenvalue weighted by Gasteiger charge is 2.16. The Kier molecular flexibility index (Phi) is 7.65. The topological polar surface area (TPSA) is 84.5 Å². The summed E-state index contributed by atoms with van der Waals surface area (Å²) in [5.41, 5.74) is 0.847. The van der Waals surface area contributed by atoms with Crippen LogP contribution >= 0.6 is 11.6 Å². The summed E-state index contributed by atoms with van der Waals surface area (Å²) in [5.74, 6) is -0.0142. The maximum absolute atomic E-state index is 12.4. The second-order valence-electron chi connectivity index (χ2n) is 6.07. The minimum Gasteiger partial charge on any atom is -0.482 e. The Bertz CT molecular complexity index is 873. The van der Waals surface area contributed by atoms with Crippen LogP contribution in [-0.2, 0) is 21.4 Å². The minimum atomic E-state index is -3.72. The normalized spacial score (nSPS) is 12.4. The van der Waals surface area contributed by atoms with Crippen LogP contribution in [0.3, 0.4) is 0 Å². The van der Waals surface area contributed by atoms with Gasteiger partial charge in [-0.15, -0.1) is 0 Å². The number of sulfonamides is 1. The van der Waals surface area contributed by atoms with E-state index in [0.29, 0.717) is 0 Å². The van der Waals surface area contributed by atoms with Crippen LogP contribution in [0.15, 0.2) is 53.4 Å². The largest absolute Gasteiger partial charge is 0.482 e. The molecule has 2 N–H and O–H groups in total. The first kappa shape index (κ1) is 21.2. The van der Waals surface area contributed by atoms with Gasteiger partial charge in [-0.25, -0.2) is 13.1 Å². The number of amides is 1. The van der Waals surface area contributed by atoms with Gasteiger partial charge in [0.2, 0.25) is 10.0 Å². The van der Waals surface area contributed by atoms with Crippen LogP contribution in [0.4, 0.5) is 0 Å². The second kappa shape index (κ2) is 9.73. The summed E-state index contributed by atoms with van der Waals surface area (Å²) in [7, 11) is -3.72. The van der Waals surface area contributed by atoms with Crippen LogP contribution in [0.5, 0.6) is 5.75 Å². The predicted octanol–water partition coefficient (Wildman–Crippen LogP) is 3.11. The number of ether oxygens (including phenoxy) is 1. The number of rotatable bonds is 9. The molecule has 6 nitrogen and oxygen atoms in total. The summed E-state index contributed by atoms with van der Waals surface area (Å²) < 4.78 is 32.7. The van der Waals surface area contributed by atoms with E-state index in [0.717, 1.165) is 12.0 Å². The average molecular weight is 411 g/mol. The molecule has 1 amide bonds. The minimum absolute atomic E-state index is 0.0276. The van der Waals surface area contributed by atoms with Gasteiger partial charge in [0.15, 0.2) is 6.61 Å². The molecule has 2 rings (SSSR count). The van der Waals surface area contributed by atoms with Gasteiger partial charge >= 0.3 is 0 Å². The molecule has 8 heteroatoms. The van der Waals surface area contributed by atoms with Crippen molar-refractivity contribution in [2.24, 2.45) is 0 Å². The Labute approximate surface area is 164 Å². The van der Waals surface area contributed by atoms with E-state index in [2.05, 4.69) is 10.0 Å². The fourth-order valence-electron chi connectivity index (χ4n) is 2.19. The highest BCUT2D eigenvalue weighted by molar-refractivity contribution is 7.89. The molecule has 0 bridgehead atoms. The number of benzene rings is 2. The summed E-state index contributed by atoms with van der Waals surface area (Å²) in [6.45, 7) is 3.85. The van der Waals surface area contributed by atoms with Gasteiger partial charge in [-0.3, -0.25) is 4.79 Å². The molecule has 0 aliphatic carbocycles. The van der Waals surface area contributed by atoms with Gasteiger partial charge in [0.1, 0.15) is 5.75 Å². The SMILES string of the molecule is CC[C@@H](C)NC(=O)COc1ccc(S(=O)(=O)NCc2ccccc2)cc1Cl. The molecule has 0 aromatic heterocycles. The number of halogens is 1. The van der Waals surface area contributed by atoms with Crippen molar-refractivity contribution in [3.8, 4) is 5.75 Å². The third-order valence-electron chi connectivity index (χ3n) is 3.90. The van der Waals surface area contributed by atoms with Crippen molar-refractivity contribution in [2.45, 2.75) is 37.8 Å². The Hall–Kier alpha value is -2.09. The van der Waals surface area contributed by atoms with Gasteiger partial charge in [-0.2, -0.15) is 0 Å². The van der Waals surface area contributed by atoms with Gasteiger partial charge in [-0.1, -0.05) is 48.9 Å². The fraction of sp³-hybridized carbons (Fsp3) is 0.316. The zero-order valence-electron chi connectivity index (χ0n) is 15.2. The molecule has 0 aliphatic rings. The van der Waals surface area contributed by atoms with Crippen molar-refractivity contribution < 1.29 is 17.9 Å². The first-order valence-electron chi connectivity index (χ1n) is 8.57. The van der Waals surface area contributed by atoms with Crippen molar-refractivity contribution in [1.82, 2.24) is 10.0 Å². The van der Waals surface area contributed by atoms with E-state index in [1.165, 1.54) is 18.2 Å². The van der Waals surface area contributed by atoms with Crippen molar-refractivity contribution >= 4 is 27.5 Å². The maximum atomic E-state index is 12.4. The van der Waals surface area contributed by atoms with Crippen molar-refractivity contribution in [2.75, 3.05) is 6.61 Å². The molecule has 2 aromatic carbocycles. The van der Waals surface area contributed by atoms with Crippen LogP contribution in [0.25, 0.3) is 0 Å². The lowest BCUT2D eigenvalue weighted by atomic mass is 10.2. The van der Waals surface area contributed by atoms with E-state index in [9.17, 15) is 13.2 Å². The van der Waals surface area contributed by atoms with Crippen LogP contribution in [0.2, 0.25) is 5.02 Å². The quantitative estimate of drug-likeness (QED) is 0.665. The number of carbonyl (C=O) groups is 1. The molecule has 27 heavy (non-hydrogen) atoms. The van der Waals surface area contributed by atoms with Crippen molar-refractivity contribution in [3.63, 3.8) is 0 Å². The number of nitrogens with one attached hydrogen (secondary N) is 2. The number of hydrogen-bond acceptors (Lipinski definition) is 4. The predicted molar refractivity (Wildman–Crippen MR) is 105 cm³/mol. The van der Waals surface area contributed by atoms with Gasteiger partial charge < -0.3 is 10.1 Å². The zero-order chi connectivity index (χ0) is 19.9. The van der Waals surface area contributed by atoms with Crippen LogP contribution < -0.4 is 14.8 Å². The summed E-state index contributed by atoms with van der Waals surface area (Å²) in [6, 6.07) is 13.4. The standard InChI is InChI=1S/C19H23ClN2O4S/c1-3-14(2)22-19(23)13-26-18-10-9-16(11-17(18)20)27(24,25)21-12-15-7-5-4-6-8-15/h4-11,14,21H,3,12-13H2,1-2H3,(H,22,23)/t14-/m1/s1. The van der Waals surface area contributed by atoms with E-state index >= 15 is 0 Å². The molecule has 0 saturated carbocycles. The van der Waals surface area contributed by atoms with Crippen LogP contribution in [-0.4, -0.2) is 27.0 Å². The molecule has 146 valence electrons. The number of hydrogen-bond donors (Lipinski definition) is 2. The highest BCUT2D eigenvalue weighted by Crippen LogP contribution is 2.27. The van der Waals surface area contributed by atoms with E-state index in [4.69, 9.17) is 16.3 Å². The number of carbonyl (C=O) groups excluding carboxylic acids is 1. The smallest absolute Gasteiger partial charge is 0.258 e. The Morgan fingerprint density at radius 1 is 1.19 bits per heavy atom. The van der Waals surface area contributed by atoms with Gasteiger partial charge in [0.05, 0.1) is 9.92 Å². The Balaban J connectivity index is 1.99. The molecular weight excluding hydrogens is 388 g/mol. The Morgan fingerprint density at radius 2 is 1.89 bits per heavy atom. The lowest BCUT2D eigenvalue weighted by Gasteiger charge is -2.13. The summed E-state index contributed by atoms with van der Waals surface area (Å²) in [6.07, 6.45) is 0.815. The molecule has 2 aromatic rings. The van der Waals surface area contributed by atoms with E-state index < -0.39 is 10.0 Å². The molecule has 0 fully saturated rings. The van der Waals surface area contributed by atoms with E-state index in [1.807, 2.05) is 44.2 Å². The zero-order valence-corrected chi connectivity index (χ0v) is 16.8. The fourth-order valence-corrected chi connectivity index (χ4v) is 3.53. The van der Waals surface area contributed by atoms with Gasteiger partial charge in [-0.05, 0) is 37.1 Å². The summed E-state index contributed by atoms with van der Waals surface area (Å²) in [4.78, 5) is 11.8. The maximum Gasteiger partial charge on any atom is 0.258 e. The lowest BCUT2D eigenvalue weighted by Crippen LogP contribution is -2.35. The molecule has 1 atom stereocenters. The molecule has 0 radical (unpaired) electrons. The average Bonchev–Trinajstić information content (AvgIpc) is 2.66. The van der Waals surface area contributed by atoms with Gasteiger partial charge in [0, 0.05) is 12.6 Å². The monoisotopic (exact) mass is 410 g/mol. The summed E-state index contributed by atoms with van der Waals surface area (Å²) in [5, 5.41) is 2.89. The molecule has 0 saturated heterocycles. The van der Waals surface area contributed by atoms with Gasteiger partial charge in [0.25, 0.3) is 5.91 Å². The summed E-state index contributed by atoms with van der Waals surface area (Å²) >= 11 is 6.12.